The summed E-state index contributed by atoms with van der Waals surface area (Å²) < 4.78 is 5.16. The molecule has 1 heterocycles. The topological polar surface area (TPSA) is 70.1 Å². The molecule has 1 N–H and O–H groups in total. The van der Waals surface area contributed by atoms with Crippen molar-refractivity contribution < 1.29 is 19.4 Å². The summed E-state index contributed by atoms with van der Waals surface area (Å²) in [6, 6.07) is 13.8. The number of amides is 1. The van der Waals surface area contributed by atoms with E-state index in [1.807, 2.05) is 50.2 Å². The highest BCUT2D eigenvalue weighted by atomic mass is 16.5. The van der Waals surface area contributed by atoms with Crippen LogP contribution in [0.3, 0.4) is 0 Å². The number of aryl methyl sites for hydroxylation is 1. The zero-order chi connectivity index (χ0) is 21.1. The number of methoxy groups -OCH3 is 1. The fraction of sp³-hybridized carbons (Fsp3) is 0.304. The lowest BCUT2D eigenvalue weighted by Gasteiger charge is -2.27. The van der Waals surface area contributed by atoms with Crippen molar-refractivity contribution in [2.75, 3.05) is 34.3 Å². The molecule has 0 bridgehead atoms. The Hall–Kier alpha value is -3.12. The fourth-order valence-electron chi connectivity index (χ4n) is 3.54. The highest BCUT2D eigenvalue weighted by Gasteiger charge is 2.46. The molecule has 0 saturated carbocycles. The Morgan fingerprint density at radius 1 is 1.10 bits per heavy atom. The first-order valence-corrected chi connectivity index (χ1v) is 9.48. The molecule has 6 nitrogen and oxygen atoms in total. The molecule has 1 saturated heterocycles. The van der Waals surface area contributed by atoms with Crippen molar-refractivity contribution in [2.24, 2.45) is 0 Å². The number of likely N-dealkylation sites (N-methyl/N-ethyl adjacent to an activating group) is 1. The van der Waals surface area contributed by atoms with Crippen LogP contribution in [0.15, 0.2) is 54.1 Å². The summed E-state index contributed by atoms with van der Waals surface area (Å²) in [5.41, 5.74) is 2.37. The molecular weight excluding hydrogens is 368 g/mol. The molecule has 0 radical (unpaired) electrons. The summed E-state index contributed by atoms with van der Waals surface area (Å²) in [6.45, 7) is 2.93. The first kappa shape index (κ1) is 20.6. The quantitative estimate of drug-likeness (QED) is 0.463. The highest BCUT2D eigenvalue weighted by molar-refractivity contribution is 6.46. The zero-order valence-electron chi connectivity index (χ0n) is 17.2. The maximum absolute atomic E-state index is 12.9. The first-order chi connectivity index (χ1) is 13.8. The number of ether oxygens (including phenoxy) is 1. The predicted octanol–water partition coefficient (Wildman–Crippen LogP) is 2.99. The summed E-state index contributed by atoms with van der Waals surface area (Å²) in [4.78, 5) is 29.3. The van der Waals surface area contributed by atoms with Gasteiger partial charge in [0.25, 0.3) is 11.7 Å². The van der Waals surface area contributed by atoms with Crippen LogP contribution in [0, 0.1) is 6.92 Å². The maximum Gasteiger partial charge on any atom is 0.295 e. The van der Waals surface area contributed by atoms with Crippen LogP contribution in [0.1, 0.15) is 22.7 Å². The number of ketones is 1. The zero-order valence-corrected chi connectivity index (χ0v) is 17.2. The standard InChI is InChI=1S/C23H26N2O4/c1-15-7-5-6-8-18(15)20-19(21(26)16-9-11-17(29-4)12-10-16)22(27)23(28)25(20)14-13-24(2)3/h5-12,20,26H,13-14H2,1-4H3/b21-19-. The summed E-state index contributed by atoms with van der Waals surface area (Å²) >= 11 is 0. The van der Waals surface area contributed by atoms with Gasteiger partial charge in [-0.3, -0.25) is 9.59 Å². The molecule has 1 aliphatic rings. The van der Waals surface area contributed by atoms with Crippen molar-refractivity contribution in [2.45, 2.75) is 13.0 Å². The molecule has 152 valence electrons. The lowest BCUT2D eigenvalue weighted by atomic mass is 9.92. The minimum absolute atomic E-state index is 0.119. The van der Waals surface area contributed by atoms with E-state index < -0.39 is 17.7 Å². The van der Waals surface area contributed by atoms with Gasteiger partial charge in [0.2, 0.25) is 0 Å². The van der Waals surface area contributed by atoms with E-state index in [-0.39, 0.29) is 11.3 Å². The third-order valence-corrected chi connectivity index (χ3v) is 5.17. The Balaban J connectivity index is 2.14. The number of Topliss-reactive ketones (excluding diaryl/α,β-unsaturated/α-hetero) is 1. The Kier molecular flexibility index (Phi) is 6.03. The second-order valence-corrected chi connectivity index (χ2v) is 7.38. The van der Waals surface area contributed by atoms with E-state index in [1.54, 1.807) is 36.3 Å². The van der Waals surface area contributed by atoms with Gasteiger partial charge in [0, 0.05) is 18.7 Å². The Morgan fingerprint density at radius 2 is 1.76 bits per heavy atom. The van der Waals surface area contributed by atoms with Crippen LogP contribution in [0.5, 0.6) is 5.75 Å². The van der Waals surface area contributed by atoms with E-state index in [2.05, 4.69) is 0 Å². The summed E-state index contributed by atoms with van der Waals surface area (Å²) in [5.74, 6) is -0.782. The summed E-state index contributed by atoms with van der Waals surface area (Å²) in [5, 5.41) is 11.0. The average molecular weight is 394 g/mol. The maximum atomic E-state index is 12.9. The first-order valence-electron chi connectivity index (χ1n) is 9.48. The number of carbonyl (C=O) groups is 2. The van der Waals surface area contributed by atoms with Crippen molar-refractivity contribution in [3.05, 3.63) is 70.8 Å². The molecule has 1 unspecified atom stereocenters. The van der Waals surface area contributed by atoms with Gasteiger partial charge in [-0.15, -0.1) is 0 Å². The molecule has 0 aliphatic carbocycles. The number of rotatable bonds is 6. The number of hydrogen-bond donors (Lipinski definition) is 1. The van der Waals surface area contributed by atoms with Gasteiger partial charge in [-0.2, -0.15) is 0 Å². The molecule has 29 heavy (non-hydrogen) atoms. The van der Waals surface area contributed by atoms with Gasteiger partial charge in [0.15, 0.2) is 0 Å². The summed E-state index contributed by atoms with van der Waals surface area (Å²) in [7, 11) is 5.39. The largest absolute Gasteiger partial charge is 0.507 e. The Morgan fingerprint density at radius 3 is 2.34 bits per heavy atom. The van der Waals surface area contributed by atoms with E-state index >= 15 is 0 Å². The van der Waals surface area contributed by atoms with Crippen LogP contribution in [0.4, 0.5) is 0 Å². The minimum Gasteiger partial charge on any atom is -0.507 e. The lowest BCUT2D eigenvalue weighted by Crippen LogP contribution is -2.35. The van der Waals surface area contributed by atoms with E-state index in [0.29, 0.717) is 24.4 Å². The number of carbonyl (C=O) groups excluding carboxylic acids is 2. The number of benzene rings is 2. The van der Waals surface area contributed by atoms with Crippen LogP contribution in [0.25, 0.3) is 5.76 Å². The molecular formula is C23H26N2O4. The van der Waals surface area contributed by atoms with Gasteiger partial charge in [-0.25, -0.2) is 0 Å². The monoisotopic (exact) mass is 394 g/mol. The van der Waals surface area contributed by atoms with Crippen LogP contribution in [-0.2, 0) is 9.59 Å². The van der Waals surface area contributed by atoms with Crippen LogP contribution in [0.2, 0.25) is 0 Å². The molecule has 1 atom stereocenters. The van der Waals surface area contributed by atoms with Gasteiger partial charge in [0.05, 0.1) is 18.7 Å². The number of hydrogen-bond acceptors (Lipinski definition) is 5. The van der Waals surface area contributed by atoms with E-state index in [4.69, 9.17) is 4.74 Å². The van der Waals surface area contributed by atoms with Gasteiger partial charge in [0.1, 0.15) is 11.5 Å². The molecule has 2 aromatic rings. The molecule has 0 aromatic heterocycles. The molecule has 1 fully saturated rings. The Labute approximate surface area is 171 Å². The van der Waals surface area contributed by atoms with Crippen molar-refractivity contribution in [3.8, 4) is 5.75 Å². The molecule has 1 amide bonds. The van der Waals surface area contributed by atoms with E-state index in [0.717, 1.165) is 11.1 Å². The third-order valence-electron chi connectivity index (χ3n) is 5.17. The van der Waals surface area contributed by atoms with Crippen molar-refractivity contribution in [1.29, 1.82) is 0 Å². The molecule has 3 rings (SSSR count). The van der Waals surface area contributed by atoms with E-state index in [1.165, 1.54) is 0 Å². The SMILES string of the molecule is COc1ccc(/C(O)=C2/C(=O)C(=O)N(CCN(C)C)C2c2ccccc2C)cc1. The van der Waals surface area contributed by atoms with Crippen LogP contribution < -0.4 is 4.74 Å². The highest BCUT2D eigenvalue weighted by Crippen LogP contribution is 2.40. The van der Waals surface area contributed by atoms with Gasteiger partial charge < -0.3 is 19.6 Å². The third kappa shape index (κ3) is 4.03. The van der Waals surface area contributed by atoms with Crippen molar-refractivity contribution in [1.82, 2.24) is 9.80 Å². The number of likely N-dealkylation sites (tertiary alicyclic amines) is 1. The lowest BCUT2D eigenvalue weighted by molar-refractivity contribution is -0.140. The Bertz CT molecular complexity index is 948. The summed E-state index contributed by atoms with van der Waals surface area (Å²) in [6.07, 6.45) is 0. The molecule has 0 spiro atoms. The second kappa shape index (κ2) is 8.49. The van der Waals surface area contributed by atoms with Crippen LogP contribution in [-0.4, -0.2) is 60.9 Å². The van der Waals surface area contributed by atoms with Gasteiger partial charge >= 0.3 is 0 Å². The van der Waals surface area contributed by atoms with Crippen LogP contribution >= 0.6 is 0 Å². The van der Waals surface area contributed by atoms with Crippen molar-refractivity contribution >= 4 is 17.4 Å². The molecule has 6 heteroatoms. The number of nitrogens with zero attached hydrogens (tertiary/aromatic N) is 2. The minimum atomic E-state index is -0.662. The van der Waals surface area contributed by atoms with Crippen molar-refractivity contribution in [3.63, 3.8) is 0 Å². The second-order valence-electron chi connectivity index (χ2n) is 7.38. The number of aliphatic hydroxyl groups excluding tert-OH is 1. The van der Waals surface area contributed by atoms with Gasteiger partial charge in [-0.05, 0) is 56.4 Å². The van der Waals surface area contributed by atoms with Gasteiger partial charge in [-0.1, -0.05) is 24.3 Å². The normalized spacial score (nSPS) is 18.5. The average Bonchev–Trinajstić information content (AvgIpc) is 2.96. The van der Waals surface area contributed by atoms with E-state index in [9.17, 15) is 14.7 Å². The smallest absolute Gasteiger partial charge is 0.295 e. The number of aliphatic hydroxyl groups is 1. The molecule has 2 aromatic carbocycles. The fourth-order valence-corrected chi connectivity index (χ4v) is 3.54. The molecule has 1 aliphatic heterocycles. The predicted molar refractivity (Wildman–Crippen MR) is 112 cm³/mol.